The summed E-state index contributed by atoms with van der Waals surface area (Å²) in [6.45, 7) is -1.77. The Balaban J connectivity index is -0.000000411. The van der Waals surface area contributed by atoms with E-state index in [1.807, 2.05) is 0 Å². The molecule has 10 N–H and O–H groups in total. The summed E-state index contributed by atoms with van der Waals surface area (Å²) in [4.78, 5) is 41.0. The fourth-order valence-electron chi connectivity index (χ4n) is 1.20. The van der Waals surface area contributed by atoms with Gasteiger partial charge < -0.3 is 51.1 Å². The van der Waals surface area contributed by atoms with E-state index in [1.165, 1.54) is 0 Å². The van der Waals surface area contributed by atoms with Crippen molar-refractivity contribution in [3.05, 3.63) is 0 Å². The van der Waals surface area contributed by atoms with Crippen LogP contribution in [0, 0.1) is 0 Å². The molecule has 15 heteroatoms. The number of hydrogen-bond acceptors (Lipinski definition) is 12. The number of carboxylic acids is 2. The van der Waals surface area contributed by atoms with Crippen LogP contribution in [0.15, 0.2) is 0 Å². The third-order valence-electron chi connectivity index (χ3n) is 2.77. The Morgan fingerprint density at radius 2 is 0.815 bits per heavy atom. The Labute approximate surface area is 180 Å². The normalized spacial score (nSPS) is 16.9. The zero-order chi connectivity index (χ0) is 21.2. The van der Waals surface area contributed by atoms with Crippen molar-refractivity contribution in [1.29, 1.82) is 0 Å². The Morgan fingerprint density at radius 1 is 0.593 bits per heavy atom. The van der Waals surface area contributed by atoms with Gasteiger partial charge in [-0.2, -0.15) is 0 Å². The van der Waals surface area contributed by atoms with Crippen LogP contribution >= 0.6 is 0 Å². The Kier molecular flexibility index (Phi) is 17.4. The fourth-order valence-corrected chi connectivity index (χ4v) is 1.20. The molecule has 0 spiro atoms. The van der Waals surface area contributed by atoms with Crippen molar-refractivity contribution in [2.24, 2.45) is 0 Å². The van der Waals surface area contributed by atoms with E-state index >= 15 is 0 Å². The summed E-state index contributed by atoms with van der Waals surface area (Å²) in [5, 5.41) is 85.6. The Bertz CT molecular complexity index is 452. The third kappa shape index (κ3) is 11.0. The molecule has 154 valence electrons. The maximum Gasteiger partial charge on any atom is 0.375 e. The van der Waals surface area contributed by atoms with Crippen LogP contribution < -0.4 is 0 Å². The van der Waals surface area contributed by atoms with Crippen LogP contribution in [0.2, 0.25) is 0 Å². The molecule has 14 nitrogen and oxygen atoms in total. The standard InChI is InChI=1S/2C6H10O7.Ca/c2*7-1-2(8)3(9)4(10)5(11)6(12)13;/h2*2-4,7-10H,1H2,(H,12,13);/t2*2-,3-,4+;/m11./s1. The first kappa shape index (κ1) is 30.9. The minimum Gasteiger partial charge on any atom is -0.475 e. The van der Waals surface area contributed by atoms with Gasteiger partial charge in [-0.3, -0.25) is 9.59 Å². The molecule has 0 aromatic heterocycles. The van der Waals surface area contributed by atoms with Gasteiger partial charge in [0.15, 0.2) is 12.2 Å². The molecule has 0 fully saturated rings. The molecule has 0 rings (SSSR count). The minimum absolute atomic E-state index is 0. The van der Waals surface area contributed by atoms with E-state index in [0.29, 0.717) is 0 Å². The van der Waals surface area contributed by atoms with Crippen molar-refractivity contribution in [3.63, 3.8) is 0 Å². The molecule has 0 aliphatic rings. The first-order valence-electron chi connectivity index (χ1n) is 6.67. The molecule has 0 saturated carbocycles. The molecule has 0 bridgehead atoms. The van der Waals surface area contributed by atoms with Gasteiger partial charge in [0, 0.05) is 37.7 Å². The van der Waals surface area contributed by atoms with Gasteiger partial charge in [-0.15, -0.1) is 0 Å². The number of Topliss-reactive ketones (excluding diaryl/α,β-unsaturated/α-hetero) is 2. The molecule has 2 radical (unpaired) electrons. The molecule has 0 heterocycles. The SMILES string of the molecule is O=C(O)C(=O)[C@@H](O)[C@H](O)[C@H](O)CO.O=C(O)C(=O)[C@@H](O)[C@H](O)[C@H](O)CO.[Ca]. The first-order chi connectivity index (χ1) is 11.8. The van der Waals surface area contributed by atoms with E-state index in [-0.39, 0.29) is 37.7 Å². The number of rotatable bonds is 10. The molecule has 0 saturated heterocycles. The number of ketones is 2. The van der Waals surface area contributed by atoms with Gasteiger partial charge in [-0.05, 0) is 0 Å². The summed E-state index contributed by atoms with van der Waals surface area (Å²) in [6.07, 6.45) is -12.0. The number of aliphatic hydroxyl groups is 8. The van der Waals surface area contributed by atoms with Crippen LogP contribution in [0.1, 0.15) is 0 Å². The van der Waals surface area contributed by atoms with Crippen LogP contribution in [0.25, 0.3) is 0 Å². The summed E-state index contributed by atoms with van der Waals surface area (Å²) in [6, 6.07) is 0. The van der Waals surface area contributed by atoms with Crippen molar-refractivity contribution in [2.45, 2.75) is 36.6 Å². The summed E-state index contributed by atoms with van der Waals surface area (Å²) >= 11 is 0. The maximum absolute atomic E-state index is 10.5. The van der Waals surface area contributed by atoms with E-state index in [0.717, 1.165) is 0 Å². The number of hydrogen-bond donors (Lipinski definition) is 10. The number of aliphatic carboxylic acids is 2. The average molecular weight is 428 g/mol. The van der Waals surface area contributed by atoms with E-state index in [9.17, 15) is 19.2 Å². The van der Waals surface area contributed by atoms with E-state index in [4.69, 9.17) is 51.1 Å². The van der Waals surface area contributed by atoms with Crippen LogP contribution in [0.3, 0.4) is 0 Å². The number of carbonyl (C=O) groups is 4. The molecule has 27 heavy (non-hydrogen) atoms. The van der Waals surface area contributed by atoms with Gasteiger partial charge in [-0.25, -0.2) is 9.59 Å². The summed E-state index contributed by atoms with van der Waals surface area (Å²) in [7, 11) is 0. The van der Waals surface area contributed by atoms with Crippen molar-refractivity contribution < 1.29 is 70.2 Å². The summed E-state index contributed by atoms with van der Waals surface area (Å²) in [5.74, 6) is -7.12. The number of carboxylic acid groups (broad SMARTS) is 2. The molecule has 0 amide bonds. The summed E-state index contributed by atoms with van der Waals surface area (Å²) in [5.41, 5.74) is 0. The quantitative estimate of drug-likeness (QED) is 0.114. The molecule has 0 aromatic rings. The predicted octanol–water partition coefficient (Wildman–Crippen LogP) is -6.95. The van der Waals surface area contributed by atoms with E-state index in [2.05, 4.69) is 0 Å². The molecular weight excluding hydrogens is 408 g/mol. The smallest absolute Gasteiger partial charge is 0.375 e. The van der Waals surface area contributed by atoms with E-state index in [1.54, 1.807) is 0 Å². The van der Waals surface area contributed by atoms with Crippen molar-refractivity contribution in [3.8, 4) is 0 Å². The number of aliphatic hydroxyl groups excluding tert-OH is 8. The molecule has 0 unspecified atom stereocenters. The van der Waals surface area contributed by atoms with E-state index < -0.39 is 73.3 Å². The van der Waals surface area contributed by atoms with Gasteiger partial charge in [0.05, 0.1) is 13.2 Å². The molecular formula is C12H20CaO14. The average Bonchev–Trinajstić information content (AvgIpc) is 2.62. The monoisotopic (exact) mass is 428 g/mol. The number of carbonyl (C=O) groups excluding carboxylic acids is 2. The van der Waals surface area contributed by atoms with Crippen molar-refractivity contribution in [2.75, 3.05) is 13.2 Å². The Hall–Kier alpha value is -0.780. The zero-order valence-corrected chi connectivity index (χ0v) is 15.9. The largest absolute Gasteiger partial charge is 0.475 e. The van der Waals surface area contributed by atoms with Crippen LogP contribution in [0.5, 0.6) is 0 Å². The second-order valence-electron chi connectivity index (χ2n) is 4.71. The maximum atomic E-state index is 10.5. The van der Waals surface area contributed by atoms with Crippen LogP contribution in [-0.4, -0.2) is 162 Å². The van der Waals surface area contributed by atoms with Gasteiger partial charge in [-0.1, -0.05) is 0 Å². The van der Waals surface area contributed by atoms with Gasteiger partial charge in [0.2, 0.25) is 0 Å². The van der Waals surface area contributed by atoms with Crippen molar-refractivity contribution >= 4 is 61.2 Å². The van der Waals surface area contributed by atoms with Gasteiger partial charge in [0.25, 0.3) is 11.6 Å². The zero-order valence-electron chi connectivity index (χ0n) is 13.7. The molecule has 6 atom stereocenters. The predicted molar refractivity (Wildman–Crippen MR) is 81.3 cm³/mol. The second-order valence-corrected chi connectivity index (χ2v) is 4.71. The van der Waals surface area contributed by atoms with Crippen LogP contribution in [-0.2, 0) is 19.2 Å². The minimum atomic E-state index is -2.24. The second kappa shape index (κ2) is 15.2. The first-order valence-corrected chi connectivity index (χ1v) is 6.67. The topological polar surface area (TPSA) is 271 Å². The van der Waals surface area contributed by atoms with Gasteiger partial charge >= 0.3 is 11.9 Å². The fraction of sp³-hybridized carbons (Fsp3) is 0.667. The van der Waals surface area contributed by atoms with Crippen molar-refractivity contribution in [1.82, 2.24) is 0 Å². The summed E-state index contributed by atoms with van der Waals surface area (Å²) < 4.78 is 0. The third-order valence-corrected chi connectivity index (χ3v) is 2.77. The molecule has 0 aromatic carbocycles. The van der Waals surface area contributed by atoms with Gasteiger partial charge in [0.1, 0.15) is 24.4 Å². The Morgan fingerprint density at radius 3 is 0.963 bits per heavy atom. The van der Waals surface area contributed by atoms with Crippen LogP contribution in [0.4, 0.5) is 0 Å². The molecule has 0 aliphatic heterocycles. The molecule has 0 aliphatic carbocycles.